The van der Waals surface area contributed by atoms with E-state index in [1.54, 1.807) is 4.88 Å². The first-order valence-electron chi connectivity index (χ1n) is 7.11. The summed E-state index contributed by atoms with van der Waals surface area (Å²) in [5.74, 6) is 0. The van der Waals surface area contributed by atoms with Crippen LogP contribution in [0.3, 0.4) is 0 Å². The van der Waals surface area contributed by atoms with E-state index >= 15 is 0 Å². The van der Waals surface area contributed by atoms with Gasteiger partial charge in [-0.3, -0.25) is 4.90 Å². The van der Waals surface area contributed by atoms with E-state index in [0.717, 1.165) is 25.1 Å². The topological polar surface area (TPSA) is 27.0 Å². The first kappa shape index (κ1) is 13.4. The zero-order chi connectivity index (χ0) is 13.9. The smallest absolute Gasteiger partial charge is 0.0991 e. The Labute approximate surface area is 124 Å². The minimum atomic E-state index is 0.542. The Balaban J connectivity index is 1.79. The van der Waals surface area contributed by atoms with Gasteiger partial charge >= 0.3 is 0 Å². The summed E-state index contributed by atoms with van der Waals surface area (Å²) in [6.45, 7) is 4.37. The fourth-order valence-corrected chi connectivity index (χ4v) is 3.96. The molecule has 3 rings (SSSR count). The Hall–Kier alpha value is -1.63. The van der Waals surface area contributed by atoms with Crippen molar-refractivity contribution in [1.82, 2.24) is 4.90 Å². The molecule has 0 saturated carbocycles. The maximum Gasteiger partial charge on any atom is 0.0991 e. The van der Waals surface area contributed by atoms with Crippen LogP contribution in [0, 0.1) is 11.3 Å². The highest BCUT2D eigenvalue weighted by atomic mass is 32.1. The van der Waals surface area contributed by atoms with Gasteiger partial charge in [-0.2, -0.15) is 5.26 Å². The standard InChI is InChI=1S/C17H18N2S/c1-2-16-15-8-10-20-17(15)7-9-19(16)12-14-5-3-13(11-18)4-6-14/h3-6,8,10,16H,2,7,9,12H2,1H3. The Morgan fingerprint density at radius 3 is 2.80 bits per heavy atom. The Kier molecular flexibility index (Phi) is 3.86. The fraction of sp³-hybridized carbons (Fsp3) is 0.353. The summed E-state index contributed by atoms with van der Waals surface area (Å²) >= 11 is 1.90. The van der Waals surface area contributed by atoms with Gasteiger partial charge in [-0.25, -0.2) is 0 Å². The highest BCUT2D eigenvalue weighted by Gasteiger charge is 2.26. The van der Waals surface area contributed by atoms with Crippen molar-refractivity contribution in [1.29, 1.82) is 5.26 Å². The number of benzene rings is 1. The van der Waals surface area contributed by atoms with Gasteiger partial charge in [-0.15, -0.1) is 11.3 Å². The SMILES string of the molecule is CCC1c2ccsc2CCN1Cc1ccc(C#N)cc1. The minimum Gasteiger partial charge on any atom is -0.292 e. The van der Waals surface area contributed by atoms with Crippen molar-refractivity contribution in [3.05, 3.63) is 57.3 Å². The van der Waals surface area contributed by atoms with Crippen LogP contribution in [-0.4, -0.2) is 11.4 Å². The van der Waals surface area contributed by atoms with Crippen molar-refractivity contribution >= 4 is 11.3 Å². The third-order valence-corrected chi connectivity index (χ3v) is 5.06. The molecule has 0 amide bonds. The number of rotatable bonds is 3. The Morgan fingerprint density at radius 1 is 1.30 bits per heavy atom. The molecular weight excluding hydrogens is 264 g/mol. The summed E-state index contributed by atoms with van der Waals surface area (Å²) in [5.41, 5.74) is 3.55. The Morgan fingerprint density at radius 2 is 2.10 bits per heavy atom. The van der Waals surface area contributed by atoms with E-state index in [1.165, 1.54) is 17.5 Å². The molecular formula is C17H18N2S. The van der Waals surface area contributed by atoms with Gasteiger partial charge in [0.05, 0.1) is 11.6 Å². The van der Waals surface area contributed by atoms with Crippen LogP contribution in [0.2, 0.25) is 0 Å². The van der Waals surface area contributed by atoms with E-state index in [1.807, 2.05) is 23.5 Å². The summed E-state index contributed by atoms with van der Waals surface area (Å²) in [6.07, 6.45) is 2.32. The highest BCUT2D eigenvalue weighted by Crippen LogP contribution is 2.35. The molecule has 0 fully saturated rings. The maximum atomic E-state index is 8.86. The molecule has 1 aliphatic heterocycles. The van der Waals surface area contributed by atoms with E-state index in [2.05, 4.69) is 41.5 Å². The van der Waals surface area contributed by atoms with E-state index in [0.29, 0.717) is 6.04 Å². The molecule has 20 heavy (non-hydrogen) atoms. The van der Waals surface area contributed by atoms with Gasteiger partial charge in [-0.05, 0) is 47.5 Å². The van der Waals surface area contributed by atoms with Crippen molar-refractivity contribution in [3.8, 4) is 6.07 Å². The van der Waals surface area contributed by atoms with Gasteiger partial charge < -0.3 is 0 Å². The normalized spacial score (nSPS) is 18.5. The van der Waals surface area contributed by atoms with Crippen molar-refractivity contribution < 1.29 is 0 Å². The number of hydrogen-bond donors (Lipinski definition) is 0. The van der Waals surface area contributed by atoms with Crippen LogP contribution < -0.4 is 0 Å². The van der Waals surface area contributed by atoms with Crippen molar-refractivity contribution in [3.63, 3.8) is 0 Å². The van der Waals surface area contributed by atoms with Crippen LogP contribution in [0.15, 0.2) is 35.7 Å². The molecule has 102 valence electrons. The first-order valence-corrected chi connectivity index (χ1v) is 7.99. The summed E-state index contributed by atoms with van der Waals surface area (Å²) in [6, 6.07) is 13.0. The zero-order valence-corrected chi connectivity index (χ0v) is 12.5. The predicted octanol–water partition coefficient (Wildman–Crippen LogP) is 4.13. The van der Waals surface area contributed by atoms with Crippen LogP contribution in [0.5, 0.6) is 0 Å². The molecule has 0 saturated heterocycles. The molecule has 0 aliphatic carbocycles. The van der Waals surface area contributed by atoms with Crippen LogP contribution in [-0.2, 0) is 13.0 Å². The summed E-state index contributed by atoms with van der Waals surface area (Å²) < 4.78 is 0. The van der Waals surface area contributed by atoms with Gasteiger partial charge in [0.1, 0.15) is 0 Å². The lowest BCUT2D eigenvalue weighted by Crippen LogP contribution is -2.33. The van der Waals surface area contributed by atoms with Crippen LogP contribution >= 0.6 is 11.3 Å². The molecule has 0 radical (unpaired) electrons. The lowest BCUT2D eigenvalue weighted by atomic mass is 9.97. The van der Waals surface area contributed by atoms with Gasteiger partial charge in [0.2, 0.25) is 0 Å². The number of nitriles is 1. The highest BCUT2D eigenvalue weighted by molar-refractivity contribution is 7.10. The molecule has 0 spiro atoms. The molecule has 1 aromatic heterocycles. The second-order valence-corrected chi connectivity index (χ2v) is 6.25. The molecule has 2 heterocycles. The van der Waals surface area contributed by atoms with Crippen molar-refractivity contribution in [2.24, 2.45) is 0 Å². The van der Waals surface area contributed by atoms with Crippen LogP contribution in [0.4, 0.5) is 0 Å². The minimum absolute atomic E-state index is 0.542. The molecule has 2 nitrogen and oxygen atoms in total. The quantitative estimate of drug-likeness (QED) is 0.846. The third-order valence-electron chi connectivity index (χ3n) is 4.06. The van der Waals surface area contributed by atoms with E-state index < -0.39 is 0 Å². The molecule has 1 aromatic carbocycles. The number of fused-ring (bicyclic) bond motifs is 1. The summed E-state index contributed by atoms with van der Waals surface area (Å²) in [5, 5.41) is 11.1. The van der Waals surface area contributed by atoms with E-state index in [4.69, 9.17) is 5.26 Å². The van der Waals surface area contributed by atoms with Gasteiger partial charge in [0.25, 0.3) is 0 Å². The van der Waals surface area contributed by atoms with E-state index in [9.17, 15) is 0 Å². The van der Waals surface area contributed by atoms with E-state index in [-0.39, 0.29) is 0 Å². The molecule has 1 aliphatic rings. The van der Waals surface area contributed by atoms with Crippen LogP contribution in [0.1, 0.15) is 41.0 Å². The monoisotopic (exact) mass is 282 g/mol. The first-order chi connectivity index (χ1) is 9.81. The molecule has 1 atom stereocenters. The van der Waals surface area contributed by atoms with Gasteiger partial charge in [-0.1, -0.05) is 19.1 Å². The summed E-state index contributed by atoms with van der Waals surface area (Å²) in [7, 11) is 0. The maximum absolute atomic E-state index is 8.86. The number of nitrogens with zero attached hydrogens (tertiary/aromatic N) is 2. The molecule has 3 heteroatoms. The molecule has 2 aromatic rings. The molecule has 0 N–H and O–H groups in total. The second-order valence-electron chi connectivity index (χ2n) is 5.25. The number of hydrogen-bond acceptors (Lipinski definition) is 3. The number of thiophene rings is 1. The predicted molar refractivity (Wildman–Crippen MR) is 82.6 cm³/mol. The lowest BCUT2D eigenvalue weighted by molar-refractivity contribution is 0.173. The second kappa shape index (κ2) is 5.78. The van der Waals surface area contributed by atoms with Crippen molar-refractivity contribution in [2.45, 2.75) is 32.4 Å². The van der Waals surface area contributed by atoms with Gasteiger partial charge in [0.15, 0.2) is 0 Å². The summed E-state index contributed by atoms with van der Waals surface area (Å²) in [4.78, 5) is 4.13. The zero-order valence-electron chi connectivity index (χ0n) is 11.7. The van der Waals surface area contributed by atoms with Gasteiger partial charge in [0, 0.05) is 24.0 Å². The largest absolute Gasteiger partial charge is 0.292 e. The average Bonchev–Trinajstić information content (AvgIpc) is 2.96. The molecule has 0 bridgehead atoms. The average molecular weight is 282 g/mol. The van der Waals surface area contributed by atoms with Crippen molar-refractivity contribution in [2.75, 3.05) is 6.54 Å². The van der Waals surface area contributed by atoms with Crippen LogP contribution in [0.25, 0.3) is 0 Å². The fourth-order valence-electron chi connectivity index (χ4n) is 3.03. The molecule has 1 unspecified atom stereocenters. The lowest BCUT2D eigenvalue weighted by Gasteiger charge is -2.35. The Bertz CT molecular complexity index is 621. The third kappa shape index (κ3) is 2.49.